The zero-order valence-electron chi connectivity index (χ0n) is 15.4. The molecule has 0 aliphatic rings. The van der Waals surface area contributed by atoms with E-state index in [1.165, 1.54) is 4.90 Å². The van der Waals surface area contributed by atoms with Gasteiger partial charge in [-0.05, 0) is 37.6 Å². The highest BCUT2D eigenvalue weighted by Gasteiger charge is 2.21. The van der Waals surface area contributed by atoms with Crippen LogP contribution >= 0.6 is 0 Å². The maximum atomic E-state index is 12.5. The Hall–Kier alpha value is -3.22. The molecule has 0 aliphatic carbocycles. The molecule has 142 valence electrons. The van der Waals surface area contributed by atoms with Crippen LogP contribution in [0, 0.1) is 6.92 Å². The number of amides is 1. The minimum atomic E-state index is -0.543. The van der Waals surface area contributed by atoms with Crippen molar-refractivity contribution in [2.45, 2.75) is 20.3 Å². The maximum absolute atomic E-state index is 12.5. The lowest BCUT2D eigenvalue weighted by Crippen LogP contribution is -2.39. The number of rotatable bonds is 8. The second kappa shape index (κ2) is 10.1. The summed E-state index contributed by atoms with van der Waals surface area (Å²) in [6.45, 7) is 3.04. The molecule has 2 aromatic rings. The largest absolute Gasteiger partial charge is 0.465 e. The minimum Gasteiger partial charge on any atom is -0.465 e. The summed E-state index contributed by atoms with van der Waals surface area (Å²) in [5, 5.41) is 0. The van der Waals surface area contributed by atoms with Crippen molar-refractivity contribution in [2.24, 2.45) is 0 Å². The summed E-state index contributed by atoms with van der Waals surface area (Å²) in [6, 6.07) is 12.3. The van der Waals surface area contributed by atoms with Crippen LogP contribution in [0.4, 0.5) is 5.69 Å². The molecule has 2 rings (SSSR count). The number of benzene rings is 1. The zero-order chi connectivity index (χ0) is 19.6. The number of ether oxygens (including phenoxy) is 2. The number of para-hydroxylation sites is 1. The first kappa shape index (κ1) is 20.1. The molecule has 27 heavy (non-hydrogen) atoms. The van der Waals surface area contributed by atoms with E-state index < -0.39 is 24.5 Å². The van der Waals surface area contributed by atoms with Crippen LogP contribution in [0.2, 0.25) is 0 Å². The summed E-state index contributed by atoms with van der Waals surface area (Å²) >= 11 is 0. The Kier molecular flexibility index (Phi) is 7.49. The highest BCUT2D eigenvalue weighted by Crippen LogP contribution is 2.14. The van der Waals surface area contributed by atoms with Gasteiger partial charge in [0.25, 0.3) is 5.91 Å². The molecule has 0 saturated heterocycles. The lowest BCUT2D eigenvalue weighted by atomic mass is 10.2. The van der Waals surface area contributed by atoms with Crippen molar-refractivity contribution in [3.05, 3.63) is 59.9 Å². The highest BCUT2D eigenvalue weighted by atomic mass is 16.5. The Morgan fingerprint density at radius 2 is 1.74 bits per heavy atom. The van der Waals surface area contributed by atoms with E-state index in [1.807, 2.05) is 6.92 Å². The molecule has 0 aliphatic heterocycles. The molecule has 1 aromatic heterocycles. The van der Waals surface area contributed by atoms with Crippen LogP contribution in [0.3, 0.4) is 0 Å². The Bertz CT molecular complexity index is 775. The number of aromatic nitrogens is 1. The Morgan fingerprint density at radius 3 is 2.37 bits per heavy atom. The number of pyridine rings is 1. The van der Waals surface area contributed by atoms with E-state index in [0.717, 1.165) is 5.69 Å². The molecule has 1 heterocycles. The van der Waals surface area contributed by atoms with Gasteiger partial charge in [-0.3, -0.25) is 24.3 Å². The van der Waals surface area contributed by atoms with Gasteiger partial charge in [-0.1, -0.05) is 24.3 Å². The van der Waals surface area contributed by atoms with Gasteiger partial charge < -0.3 is 9.47 Å². The second-order valence-corrected chi connectivity index (χ2v) is 5.77. The molecule has 0 spiro atoms. The maximum Gasteiger partial charge on any atom is 0.326 e. The average Bonchev–Trinajstić information content (AvgIpc) is 2.67. The fourth-order valence-corrected chi connectivity index (χ4v) is 2.31. The zero-order valence-corrected chi connectivity index (χ0v) is 15.4. The van der Waals surface area contributed by atoms with Crippen LogP contribution in [0.25, 0.3) is 0 Å². The summed E-state index contributed by atoms with van der Waals surface area (Å²) in [5.41, 5.74) is 2.07. The van der Waals surface area contributed by atoms with Gasteiger partial charge >= 0.3 is 11.9 Å². The van der Waals surface area contributed by atoms with Gasteiger partial charge in [-0.15, -0.1) is 0 Å². The van der Waals surface area contributed by atoms with Crippen LogP contribution < -0.4 is 4.90 Å². The summed E-state index contributed by atoms with van der Waals surface area (Å²) in [7, 11) is 0. The quantitative estimate of drug-likeness (QED) is 0.661. The Balaban J connectivity index is 1.97. The molecule has 0 saturated carbocycles. The summed E-state index contributed by atoms with van der Waals surface area (Å²) in [5.74, 6) is -1.59. The number of carbonyl (C=O) groups excluding carboxylic acids is 3. The molecule has 1 amide bonds. The van der Waals surface area contributed by atoms with E-state index in [4.69, 9.17) is 9.47 Å². The third-order valence-corrected chi connectivity index (χ3v) is 3.64. The van der Waals surface area contributed by atoms with Gasteiger partial charge in [-0.2, -0.15) is 0 Å². The predicted octanol–water partition coefficient (Wildman–Crippen LogP) is 2.07. The standard InChI is InChI=1S/C20H22N2O5/c1-3-26-20(25)13-22(17-7-5-4-6-8-17)18(23)14-27-19(24)11-16-10-9-15(2)21-12-16/h4-10,12H,3,11,13-14H2,1-2H3. The van der Waals surface area contributed by atoms with Crippen molar-refractivity contribution >= 4 is 23.5 Å². The van der Waals surface area contributed by atoms with E-state index in [9.17, 15) is 14.4 Å². The molecule has 0 unspecified atom stereocenters. The molecule has 7 heteroatoms. The van der Waals surface area contributed by atoms with Crippen LogP contribution in [0.15, 0.2) is 48.7 Å². The van der Waals surface area contributed by atoms with Crippen LogP contribution in [0.1, 0.15) is 18.2 Å². The van der Waals surface area contributed by atoms with Crippen LogP contribution in [-0.2, 0) is 30.3 Å². The fraction of sp³-hybridized carbons (Fsp3) is 0.300. The first-order valence-corrected chi connectivity index (χ1v) is 8.57. The van der Waals surface area contributed by atoms with Gasteiger partial charge in [-0.25, -0.2) is 0 Å². The number of anilines is 1. The summed E-state index contributed by atoms with van der Waals surface area (Å²) in [4.78, 5) is 41.6. The van der Waals surface area contributed by atoms with Gasteiger partial charge in [0, 0.05) is 17.6 Å². The number of hydrogen-bond donors (Lipinski definition) is 0. The van der Waals surface area contributed by atoms with E-state index in [1.54, 1.807) is 55.6 Å². The minimum absolute atomic E-state index is 0.0176. The van der Waals surface area contributed by atoms with Crippen molar-refractivity contribution in [3.63, 3.8) is 0 Å². The normalized spacial score (nSPS) is 10.1. The first-order chi connectivity index (χ1) is 13.0. The van der Waals surface area contributed by atoms with Gasteiger partial charge in [0.05, 0.1) is 13.0 Å². The van der Waals surface area contributed by atoms with Crippen molar-refractivity contribution in [3.8, 4) is 0 Å². The number of hydrogen-bond acceptors (Lipinski definition) is 6. The number of esters is 2. The molecular weight excluding hydrogens is 348 g/mol. The first-order valence-electron chi connectivity index (χ1n) is 8.57. The fourth-order valence-electron chi connectivity index (χ4n) is 2.31. The monoisotopic (exact) mass is 370 g/mol. The van der Waals surface area contributed by atoms with Gasteiger partial charge in [0.1, 0.15) is 6.54 Å². The van der Waals surface area contributed by atoms with Gasteiger partial charge in [0.2, 0.25) is 0 Å². The van der Waals surface area contributed by atoms with Crippen molar-refractivity contribution in [1.29, 1.82) is 0 Å². The summed E-state index contributed by atoms with van der Waals surface area (Å²) in [6.07, 6.45) is 1.61. The Morgan fingerprint density at radius 1 is 1.00 bits per heavy atom. The summed E-state index contributed by atoms with van der Waals surface area (Å²) < 4.78 is 9.98. The molecule has 0 bridgehead atoms. The molecule has 0 fully saturated rings. The molecule has 0 radical (unpaired) electrons. The van der Waals surface area contributed by atoms with Gasteiger partial charge in [0.15, 0.2) is 6.61 Å². The number of nitrogens with zero attached hydrogens (tertiary/aromatic N) is 2. The van der Waals surface area contributed by atoms with Crippen molar-refractivity contribution < 1.29 is 23.9 Å². The van der Waals surface area contributed by atoms with Crippen molar-refractivity contribution in [2.75, 3.05) is 24.7 Å². The molecule has 0 atom stereocenters. The molecule has 7 nitrogen and oxygen atoms in total. The third kappa shape index (κ3) is 6.54. The average molecular weight is 370 g/mol. The van der Waals surface area contributed by atoms with E-state index in [0.29, 0.717) is 11.3 Å². The predicted molar refractivity (Wildman–Crippen MR) is 99.1 cm³/mol. The molecular formula is C20H22N2O5. The lowest BCUT2D eigenvalue weighted by Gasteiger charge is -2.21. The topological polar surface area (TPSA) is 85.8 Å². The van der Waals surface area contributed by atoms with E-state index in [-0.39, 0.29) is 19.6 Å². The van der Waals surface area contributed by atoms with Crippen LogP contribution in [-0.4, -0.2) is 42.6 Å². The van der Waals surface area contributed by atoms with Crippen molar-refractivity contribution in [1.82, 2.24) is 4.98 Å². The smallest absolute Gasteiger partial charge is 0.326 e. The molecule has 0 N–H and O–H groups in total. The lowest BCUT2D eigenvalue weighted by molar-refractivity contribution is -0.147. The number of carbonyl (C=O) groups is 3. The van der Waals surface area contributed by atoms with E-state index >= 15 is 0 Å². The second-order valence-electron chi connectivity index (χ2n) is 5.77. The number of aryl methyl sites for hydroxylation is 1. The Labute approximate surface area is 157 Å². The third-order valence-electron chi connectivity index (χ3n) is 3.64. The highest BCUT2D eigenvalue weighted by molar-refractivity contribution is 5.99. The van der Waals surface area contributed by atoms with E-state index in [2.05, 4.69) is 4.98 Å². The SMILES string of the molecule is CCOC(=O)CN(C(=O)COC(=O)Cc1ccc(C)nc1)c1ccccc1. The molecule has 1 aromatic carbocycles. The van der Waals surface area contributed by atoms with Crippen LogP contribution in [0.5, 0.6) is 0 Å².